The number of hydrogen-bond acceptors (Lipinski definition) is 3. The predicted octanol–water partition coefficient (Wildman–Crippen LogP) is 5.44. The molecular formula is C20H27ClN2O2S. The van der Waals surface area contributed by atoms with Gasteiger partial charge in [0.15, 0.2) is 0 Å². The van der Waals surface area contributed by atoms with Gasteiger partial charge >= 0.3 is 0 Å². The van der Waals surface area contributed by atoms with E-state index >= 15 is 0 Å². The third kappa shape index (κ3) is 4.77. The summed E-state index contributed by atoms with van der Waals surface area (Å²) in [5.41, 5.74) is 1.50. The number of rotatable bonds is 7. The molecule has 2 aromatic rings. The minimum absolute atomic E-state index is 0.00378. The van der Waals surface area contributed by atoms with Crippen LogP contribution in [0.1, 0.15) is 62.9 Å². The molecule has 0 atom stereocenters. The van der Waals surface area contributed by atoms with Gasteiger partial charge in [-0.1, -0.05) is 31.9 Å². The van der Waals surface area contributed by atoms with Crippen LogP contribution in [0.25, 0.3) is 0 Å². The second kappa shape index (κ2) is 8.87. The quantitative estimate of drug-likeness (QED) is 0.627. The van der Waals surface area contributed by atoms with E-state index in [1.807, 2.05) is 0 Å². The molecule has 142 valence electrons. The first kappa shape index (κ1) is 20.7. The zero-order chi connectivity index (χ0) is 19.3. The fourth-order valence-electron chi connectivity index (χ4n) is 2.46. The minimum Gasteiger partial charge on any atom is -0.496 e. The molecule has 0 aliphatic carbocycles. The molecule has 0 saturated heterocycles. The van der Waals surface area contributed by atoms with Gasteiger partial charge in [-0.2, -0.15) is 4.99 Å². The summed E-state index contributed by atoms with van der Waals surface area (Å²) in [5.74, 6) is 0.155. The Morgan fingerprint density at radius 1 is 1.35 bits per heavy atom. The third-order valence-corrected chi connectivity index (χ3v) is 6.15. The van der Waals surface area contributed by atoms with E-state index in [-0.39, 0.29) is 11.4 Å². The Hall–Kier alpha value is -1.59. The molecule has 0 spiro atoms. The summed E-state index contributed by atoms with van der Waals surface area (Å²) in [5, 5.41) is 0.490. The highest BCUT2D eigenvalue weighted by Crippen LogP contribution is 2.24. The van der Waals surface area contributed by atoms with E-state index < -0.39 is 0 Å². The van der Waals surface area contributed by atoms with E-state index in [0.717, 1.165) is 35.9 Å². The lowest BCUT2D eigenvalue weighted by Crippen LogP contribution is -2.22. The number of halogens is 1. The van der Waals surface area contributed by atoms with E-state index in [0.29, 0.717) is 16.3 Å². The molecule has 0 aliphatic heterocycles. The number of unbranched alkanes of at least 4 members (excludes halogenated alkanes) is 1. The first-order valence-electron chi connectivity index (χ1n) is 8.97. The Bertz CT molecular complexity index is 837. The third-order valence-electron chi connectivity index (χ3n) is 4.59. The molecule has 2 rings (SSSR count). The van der Waals surface area contributed by atoms with Crippen LogP contribution in [0.3, 0.4) is 0 Å². The van der Waals surface area contributed by atoms with Crippen LogP contribution in [-0.2, 0) is 12.0 Å². The van der Waals surface area contributed by atoms with Gasteiger partial charge in [0.1, 0.15) is 10.4 Å². The highest BCUT2D eigenvalue weighted by atomic mass is 35.5. The number of carbonyl (C=O) groups is 1. The Morgan fingerprint density at radius 3 is 2.69 bits per heavy atom. The molecule has 4 nitrogen and oxygen atoms in total. The van der Waals surface area contributed by atoms with E-state index in [2.05, 4.69) is 42.8 Å². The highest BCUT2D eigenvalue weighted by Gasteiger charge is 2.20. The van der Waals surface area contributed by atoms with Crippen molar-refractivity contribution in [1.82, 2.24) is 3.96 Å². The SMILES string of the molecule is CCCCc1cn(C(C)(C)CC)s/c1=N\C(=O)c1cc(Cl)ccc1OC. The van der Waals surface area contributed by atoms with Crippen molar-refractivity contribution in [2.45, 2.75) is 58.9 Å². The maximum Gasteiger partial charge on any atom is 0.282 e. The zero-order valence-electron chi connectivity index (χ0n) is 16.1. The van der Waals surface area contributed by atoms with Gasteiger partial charge in [-0.3, -0.25) is 8.75 Å². The number of nitrogens with zero attached hydrogens (tertiary/aromatic N) is 2. The fourth-order valence-corrected chi connectivity index (χ4v) is 3.77. The van der Waals surface area contributed by atoms with Crippen molar-refractivity contribution in [2.75, 3.05) is 7.11 Å². The van der Waals surface area contributed by atoms with Crippen LogP contribution in [0.2, 0.25) is 5.02 Å². The van der Waals surface area contributed by atoms with Gasteiger partial charge in [-0.25, -0.2) is 0 Å². The second-order valence-electron chi connectivity index (χ2n) is 6.91. The number of hydrogen-bond donors (Lipinski definition) is 0. The number of aromatic nitrogens is 1. The maximum absolute atomic E-state index is 12.8. The fraction of sp³-hybridized carbons (Fsp3) is 0.500. The summed E-state index contributed by atoms with van der Waals surface area (Å²) in [6.45, 7) is 8.71. The van der Waals surface area contributed by atoms with Crippen molar-refractivity contribution >= 4 is 29.0 Å². The molecular weight excluding hydrogens is 368 g/mol. The summed E-state index contributed by atoms with van der Waals surface area (Å²) < 4.78 is 8.27. The normalized spacial score (nSPS) is 12.5. The first-order chi connectivity index (χ1) is 12.3. The molecule has 1 amide bonds. The monoisotopic (exact) mass is 394 g/mol. The average molecular weight is 395 g/mol. The van der Waals surface area contributed by atoms with Gasteiger partial charge < -0.3 is 4.74 Å². The number of amides is 1. The van der Waals surface area contributed by atoms with Gasteiger partial charge in [0.25, 0.3) is 5.91 Å². The smallest absolute Gasteiger partial charge is 0.282 e. The lowest BCUT2D eigenvalue weighted by atomic mass is 10.0. The molecule has 0 saturated carbocycles. The topological polar surface area (TPSA) is 43.6 Å². The van der Waals surface area contributed by atoms with Gasteiger partial charge in [-0.05, 0) is 62.8 Å². The molecule has 0 N–H and O–H groups in total. The van der Waals surface area contributed by atoms with Crippen molar-refractivity contribution in [1.29, 1.82) is 0 Å². The molecule has 1 heterocycles. The van der Waals surface area contributed by atoms with Crippen molar-refractivity contribution in [3.63, 3.8) is 0 Å². The zero-order valence-corrected chi connectivity index (χ0v) is 17.7. The molecule has 0 radical (unpaired) electrons. The van der Waals surface area contributed by atoms with Crippen molar-refractivity contribution in [3.8, 4) is 5.75 Å². The molecule has 0 aliphatic rings. The number of ether oxygens (including phenoxy) is 1. The lowest BCUT2D eigenvalue weighted by molar-refractivity contribution is 0.0996. The van der Waals surface area contributed by atoms with Gasteiger partial charge in [0, 0.05) is 22.3 Å². The van der Waals surface area contributed by atoms with Gasteiger partial charge in [-0.15, -0.1) is 0 Å². The first-order valence-corrected chi connectivity index (χ1v) is 10.1. The maximum atomic E-state index is 12.8. The molecule has 0 fully saturated rings. The number of benzene rings is 1. The van der Waals surface area contributed by atoms with Crippen LogP contribution < -0.4 is 9.41 Å². The van der Waals surface area contributed by atoms with Crippen LogP contribution in [0.15, 0.2) is 29.4 Å². The largest absolute Gasteiger partial charge is 0.496 e. The standard InChI is InChI=1S/C20H27ClN2O2S/c1-6-8-9-14-13-23(20(3,4)7-2)26-19(14)22-18(24)16-12-15(21)10-11-17(16)25-5/h10-13H,6-9H2,1-5H3/b22-19-. The highest BCUT2D eigenvalue weighted by molar-refractivity contribution is 7.04. The van der Waals surface area contributed by atoms with Crippen molar-refractivity contribution < 1.29 is 9.53 Å². The predicted molar refractivity (Wildman–Crippen MR) is 108 cm³/mol. The Morgan fingerprint density at radius 2 is 2.08 bits per heavy atom. The van der Waals surface area contributed by atoms with E-state index in [4.69, 9.17) is 16.3 Å². The summed E-state index contributed by atoms with van der Waals surface area (Å²) in [6, 6.07) is 5.00. The summed E-state index contributed by atoms with van der Waals surface area (Å²) in [4.78, 5) is 17.2. The lowest BCUT2D eigenvalue weighted by Gasteiger charge is -2.23. The van der Waals surface area contributed by atoms with E-state index in [9.17, 15) is 4.79 Å². The summed E-state index contributed by atoms with van der Waals surface area (Å²) >= 11 is 7.59. The molecule has 1 aromatic carbocycles. The summed E-state index contributed by atoms with van der Waals surface area (Å²) in [7, 11) is 1.54. The van der Waals surface area contributed by atoms with E-state index in [1.54, 1.807) is 18.2 Å². The number of methoxy groups -OCH3 is 1. The Labute approximate surface area is 164 Å². The van der Waals surface area contributed by atoms with Crippen LogP contribution in [-0.4, -0.2) is 17.0 Å². The van der Waals surface area contributed by atoms with Gasteiger partial charge in [0.05, 0.1) is 12.7 Å². The number of aryl methyl sites for hydroxylation is 1. The molecule has 0 unspecified atom stereocenters. The molecule has 6 heteroatoms. The van der Waals surface area contributed by atoms with Gasteiger partial charge in [0.2, 0.25) is 0 Å². The Balaban J connectivity index is 2.51. The van der Waals surface area contributed by atoms with Crippen LogP contribution in [0, 0.1) is 0 Å². The summed E-state index contributed by atoms with van der Waals surface area (Å²) in [6.07, 6.45) is 6.23. The van der Waals surface area contributed by atoms with Crippen molar-refractivity contribution in [3.05, 3.63) is 45.2 Å². The van der Waals surface area contributed by atoms with Crippen molar-refractivity contribution in [2.24, 2.45) is 4.99 Å². The van der Waals surface area contributed by atoms with Crippen LogP contribution >= 0.6 is 23.1 Å². The molecule has 26 heavy (non-hydrogen) atoms. The van der Waals surface area contributed by atoms with Crippen LogP contribution in [0.5, 0.6) is 5.75 Å². The number of carbonyl (C=O) groups excluding carboxylic acids is 1. The Kier molecular flexibility index (Phi) is 7.07. The van der Waals surface area contributed by atoms with E-state index in [1.165, 1.54) is 18.6 Å². The average Bonchev–Trinajstić information content (AvgIpc) is 3.03. The molecule has 0 bridgehead atoms. The molecule has 1 aromatic heterocycles. The van der Waals surface area contributed by atoms with Crippen LogP contribution in [0.4, 0.5) is 0 Å². The minimum atomic E-state index is -0.328. The second-order valence-corrected chi connectivity index (χ2v) is 8.31.